The molecule has 86 valence electrons. The van der Waals surface area contributed by atoms with Crippen molar-refractivity contribution >= 4 is 11.8 Å². The average Bonchev–Trinajstić information content (AvgIpc) is 2.45. The van der Waals surface area contributed by atoms with Gasteiger partial charge in [0.2, 0.25) is 11.8 Å². The van der Waals surface area contributed by atoms with Crippen molar-refractivity contribution < 1.29 is 9.59 Å². The summed E-state index contributed by atoms with van der Waals surface area (Å²) in [6.45, 7) is 8.05. The number of carbonyl (C=O) groups is 2. The molecule has 1 rings (SSSR count). The van der Waals surface area contributed by atoms with Crippen LogP contribution in [0, 0.1) is 11.8 Å². The van der Waals surface area contributed by atoms with Crippen LogP contribution in [0.4, 0.5) is 0 Å². The van der Waals surface area contributed by atoms with Crippen LogP contribution in [0.2, 0.25) is 0 Å². The highest BCUT2D eigenvalue weighted by molar-refractivity contribution is 6.03. The van der Waals surface area contributed by atoms with Crippen LogP contribution in [-0.4, -0.2) is 36.3 Å². The second-order valence-corrected chi connectivity index (χ2v) is 4.29. The van der Waals surface area contributed by atoms with E-state index in [0.29, 0.717) is 19.5 Å². The number of hydrogen-bond donors (Lipinski definition) is 1. The molecule has 1 saturated heterocycles. The summed E-state index contributed by atoms with van der Waals surface area (Å²) >= 11 is 0. The molecular weight excluding hydrogens is 192 g/mol. The zero-order valence-corrected chi connectivity index (χ0v) is 9.75. The Labute approximate surface area is 91.0 Å². The van der Waals surface area contributed by atoms with Crippen molar-refractivity contribution in [2.45, 2.75) is 27.2 Å². The van der Waals surface area contributed by atoms with Crippen molar-refractivity contribution in [1.29, 1.82) is 0 Å². The number of nitrogens with zero attached hydrogens (tertiary/aromatic N) is 1. The van der Waals surface area contributed by atoms with Gasteiger partial charge in [-0.05, 0) is 12.5 Å². The molecule has 0 aromatic rings. The first kappa shape index (κ1) is 12.2. The Bertz CT molecular complexity index is 251. The van der Waals surface area contributed by atoms with Crippen LogP contribution in [0.3, 0.4) is 0 Å². The minimum Gasteiger partial charge on any atom is -0.315 e. The van der Waals surface area contributed by atoms with Crippen LogP contribution < -0.4 is 5.32 Å². The Morgan fingerprint density at radius 1 is 1.47 bits per heavy atom. The molecule has 4 heteroatoms. The van der Waals surface area contributed by atoms with Crippen LogP contribution in [-0.2, 0) is 9.59 Å². The summed E-state index contributed by atoms with van der Waals surface area (Å²) in [4.78, 5) is 24.8. The SMILES string of the molecule is CCNCCN1C(=O)CC(C(C)C)C1=O. The van der Waals surface area contributed by atoms with Crippen LogP contribution in [0.25, 0.3) is 0 Å². The van der Waals surface area contributed by atoms with Gasteiger partial charge in [0.1, 0.15) is 0 Å². The summed E-state index contributed by atoms with van der Waals surface area (Å²) in [5.41, 5.74) is 0. The van der Waals surface area contributed by atoms with Crippen molar-refractivity contribution in [3.05, 3.63) is 0 Å². The third kappa shape index (κ3) is 2.78. The molecule has 1 aliphatic rings. The summed E-state index contributed by atoms with van der Waals surface area (Å²) in [5.74, 6) is 0.147. The molecule has 0 aromatic carbocycles. The second-order valence-electron chi connectivity index (χ2n) is 4.29. The molecule has 0 aromatic heterocycles. The fourth-order valence-electron chi connectivity index (χ4n) is 1.83. The van der Waals surface area contributed by atoms with Gasteiger partial charge in [-0.2, -0.15) is 0 Å². The lowest BCUT2D eigenvalue weighted by Gasteiger charge is -2.16. The third-order valence-electron chi connectivity index (χ3n) is 2.85. The summed E-state index contributed by atoms with van der Waals surface area (Å²) in [7, 11) is 0. The number of hydrogen-bond acceptors (Lipinski definition) is 3. The van der Waals surface area contributed by atoms with Crippen molar-refractivity contribution in [2.75, 3.05) is 19.6 Å². The van der Waals surface area contributed by atoms with Gasteiger partial charge < -0.3 is 5.32 Å². The highest BCUT2D eigenvalue weighted by Gasteiger charge is 2.39. The molecule has 1 unspecified atom stereocenters. The Morgan fingerprint density at radius 2 is 2.13 bits per heavy atom. The lowest BCUT2D eigenvalue weighted by atomic mass is 9.94. The zero-order valence-electron chi connectivity index (χ0n) is 9.75. The van der Waals surface area contributed by atoms with E-state index in [1.165, 1.54) is 4.90 Å². The fourth-order valence-corrected chi connectivity index (χ4v) is 1.83. The molecule has 1 atom stereocenters. The van der Waals surface area contributed by atoms with E-state index in [0.717, 1.165) is 6.54 Å². The molecule has 15 heavy (non-hydrogen) atoms. The Hall–Kier alpha value is -0.900. The van der Waals surface area contributed by atoms with E-state index in [1.54, 1.807) is 0 Å². The highest BCUT2D eigenvalue weighted by atomic mass is 16.2. The van der Waals surface area contributed by atoms with Gasteiger partial charge in [0.05, 0.1) is 0 Å². The first-order valence-corrected chi connectivity index (χ1v) is 5.62. The van der Waals surface area contributed by atoms with E-state index in [9.17, 15) is 9.59 Å². The Kier molecular flexibility index (Phi) is 4.27. The summed E-state index contributed by atoms with van der Waals surface area (Å²) in [5, 5.41) is 3.11. The number of rotatable bonds is 5. The van der Waals surface area contributed by atoms with Crippen molar-refractivity contribution in [2.24, 2.45) is 11.8 Å². The molecule has 1 aliphatic heterocycles. The van der Waals surface area contributed by atoms with Crippen LogP contribution in [0.1, 0.15) is 27.2 Å². The van der Waals surface area contributed by atoms with Crippen LogP contribution >= 0.6 is 0 Å². The molecule has 4 nitrogen and oxygen atoms in total. The maximum atomic E-state index is 11.8. The van der Waals surface area contributed by atoms with Gasteiger partial charge in [-0.1, -0.05) is 20.8 Å². The maximum Gasteiger partial charge on any atom is 0.233 e. The first-order valence-electron chi connectivity index (χ1n) is 5.62. The monoisotopic (exact) mass is 212 g/mol. The molecule has 2 amide bonds. The lowest BCUT2D eigenvalue weighted by molar-refractivity contribution is -0.139. The standard InChI is InChI=1S/C11H20N2O2/c1-4-12-5-6-13-10(14)7-9(8(2)3)11(13)15/h8-9,12H,4-7H2,1-3H3. The molecular formula is C11H20N2O2. The lowest BCUT2D eigenvalue weighted by Crippen LogP contribution is -2.37. The van der Waals surface area contributed by atoms with Gasteiger partial charge in [-0.25, -0.2) is 0 Å². The Morgan fingerprint density at radius 3 is 2.60 bits per heavy atom. The van der Waals surface area contributed by atoms with Gasteiger partial charge >= 0.3 is 0 Å². The van der Waals surface area contributed by atoms with E-state index in [-0.39, 0.29) is 23.7 Å². The van der Waals surface area contributed by atoms with E-state index in [2.05, 4.69) is 5.32 Å². The van der Waals surface area contributed by atoms with Gasteiger partial charge in [0, 0.05) is 25.4 Å². The number of amides is 2. The number of nitrogens with one attached hydrogen (secondary N) is 1. The smallest absolute Gasteiger partial charge is 0.233 e. The molecule has 1 N–H and O–H groups in total. The summed E-state index contributed by atoms with van der Waals surface area (Å²) in [6.07, 6.45) is 0.391. The summed E-state index contributed by atoms with van der Waals surface area (Å²) < 4.78 is 0. The van der Waals surface area contributed by atoms with Crippen molar-refractivity contribution in [3.63, 3.8) is 0 Å². The number of likely N-dealkylation sites (N-methyl/N-ethyl adjacent to an activating group) is 1. The second kappa shape index (κ2) is 5.26. The summed E-state index contributed by atoms with van der Waals surface area (Å²) in [6, 6.07) is 0. The predicted molar refractivity (Wildman–Crippen MR) is 58.2 cm³/mol. The normalized spacial score (nSPS) is 21.9. The molecule has 0 aliphatic carbocycles. The largest absolute Gasteiger partial charge is 0.315 e. The van der Waals surface area contributed by atoms with Gasteiger partial charge in [0.15, 0.2) is 0 Å². The third-order valence-corrected chi connectivity index (χ3v) is 2.85. The molecule has 0 saturated carbocycles. The molecule has 0 spiro atoms. The van der Waals surface area contributed by atoms with E-state index in [1.807, 2.05) is 20.8 Å². The van der Waals surface area contributed by atoms with Crippen molar-refractivity contribution in [1.82, 2.24) is 10.2 Å². The van der Waals surface area contributed by atoms with Crippen molar-refractivity contribution in [3.8, 4) is 0 Å². The van der Waals surface area contributed by atoms with E-state index < -0.39 is 0 Å². The molecule has 0 radical (unpaired) electrons. The number of imide groups is 1. The topological polar surface area (TPSA) is 49.4 Å². The quantitative estimate of drug-likeness (QED) is 0.537. The Balaban J connectivity index is 2.51. The van der Waals surface area contributed by atoms with Crippen LogP contribution in [0.5, 0.6) is 0 Å². The predicted octanol–water partition coefficient (Wildman–Crippen LogP) is 0.627. The average molecular weight is 212 g/mol. The highest BCUT2D eigenvalue weighted by Crippen LogP contribution is 2.25. The fraction of sp³-hybridized carbons (Fsp3) is 0.818. The number of likely N-dealkylation sites (tertiary alicyclic amines) is 1. The van der Waals surface area contributed by atoms with Gasteiger partial charge in [-0.3, -0.25) is 14.5 Å². The van der Waals surface area contributed by atoms with Gasteiger partial charge in [-0.15, -0.1) is 0 Å². The maximum absolute atomic E-state index is 11.8. The van der Waals surface area contributed by atoms with E-state index >= 15 is 0 Å². The molecule has 1 heterocycles. The zero-order chi connectivity index (χ0) is 11.4. The molecule has 1 fully saturated rings. The van der Waals surface area contributed by atoms with Crippen LogP contribution in [0.15, 0.2) is 0 Å². The van der Waals surface area contributed by atoms with Gasteiger partial charge in [0.25, 0.3) is 0 Å². The first-order chi connectivity index (χ1) is 7.07. The minimum absolute atomic E-state index is 0.00732. The minimum atomic E-state index is -0.0980. The molecule has 0 bridgehead atoms. The van der Waals surface area contributed by atoms with E-state index in [4.69, 9.17) is 0 Å². The number of carbonyl (C=O) groups excluding carboxylic acids is 2.